The molecule has 3 heteroatoms. The molecule has 0 radical (unpaired) electrons. The molecule has 0 saturated carbocycles. The molecule has 118 valence electrons. The van der Waals surface area contributed by atoms with Gasteiger partial charge in [-0.05, 0) is 35.6 Å². The third-order valence-corrected chi connectivity index (χ3v) is 5.47. The van der Waals surface area contributed by atoms with Crippen molar-refractivity contribution in [1.82, 2.24) is 4.90 Å². The van der Waals surface area contributed by atoms with Crippen molar-refractivity contribution in [3.8, 4) is 0 Å². The first kappa shape index (κ1) is 14.4. The van der Waals surface area contributed by atoms with Crippen molar-refractivity contribution >= 4 is 22.5 Å². The highest BCUT2D eigenvalue weighted by Gasteiger charge is 2.49. The molecule has 0 aliphatic carbocycles. The summed E-state index contributed by atoms with van der Waals surface area (Å²) in [5.74, 6) is 0.419. The highest BCUT2D eigenvalue weighted by atomic mass is 16.2. The number of nitrogens with zero attached hydrogens (tertiary/aromatic N) is 1. The third-order valence-electron chi connectivity index (χ3n) is 5.47. The molecule has 2 heterocycles. The molecule has 23 heavy (non-hydrogen) atoms. The first-order chi connectivity index (χ1) is 11.2. The third kappa shape index (κ3) is 2.26. The Labute approximate surface area is 136 Å². The summed E-state index contributed by atoms with van der Waals surface area (Å²) in [5.41, 5.74) is 0.579. The van der Waals surface area contributed by atoms with E-state index in [1.807, 2.05) is 17.0 Å². The average Bonchev–Trinajstić information content (AvgIpc) is 2.95. The van der Waals surface area contributed by atoms with Gasteiger partial charge < -0.3 is 4.90 Å². The fourth-order valence-electron chi connectivity index (χ4n) is 4.34. The number of Topliss-reactive ketones (excluding diaryl/α,β-unsaturated/α-hetero) is 1. The van der Waals surface area contributed by atoms with Crippen LogP contribution in [0, 0.1) is 0 Å². The van der Waals surface area contributed by atoms with Gasteiger partial charge in [-0.3, -0.25) is 9.59 Å². The largest absolute Gasteiger partial charge is 0.330 e. The average molecular weight is 307 g/mol. The van der Waals surface area contributed by atoms with Crippen molar-refractivity contribution in [3.63, 3.8) is 0 Å². The number of carbonyl (C=O) groups excluding carboxylic acids is 2. The second-order valence-corrected chi connectivity index (χ2v) is 6.77. The van der Waals surface area contributed by atoms with Crippen LogP contribution >= 0.6 is 0 Å². The first-order valence-electron chi connectivity index (χ1n) is 8.51. The Kier molecular flexibility index (Phi) is 3.44. The Balaban J connectivity index is 1.81. The molecule has 2 aromatic rings. The zero-order chi connectivity index (χ0) is 15.9. The van der Waals surface area contributed by atoms with E-state index in [0.29, 0.717) is 25.7 Å². The SMILES string of the molecule is O=C1CCCC(=O)[C@]2(Cc3cccc4ccccc34)CCCN12. The number of fused-ring (bicyclic) bond motifs is 2. The minimum Gasteiger partial charge on any atom is -0.330 e. The van der Waals surface area contributed by atoms with Gasteiger partial charge in [-0.15, -0.1) is 0 Å². The number of carbonyl (C=O) groups is 2. The molecule has 0 bridgehead atoms. The number of amides is 1. The van der Waals surface area contributed by atoms with Gasteiger partial charge in [0.2, 0.25) is 5.91 Å². The number of ketones is 1. The summed E-state index contributed by atoms with van der Waals surface area (Å²) < 4.78 is 0. The summed E-state index contributed by atoms with van der Waals surface area (Å²) in [7, 11) is 0. The Morgan fingerprint density at radius 2 is 1.78 bits per heavy atom. The van der Waals surface area contributed by atoms with E-state index in [-0.39, 0.29) is 11.7 Å². The van der Waals surface area contributed by atoms with E-state index in [4.69, 9.17) is 0 Å². The van der Waals surface area contributed by atoms with E-state index < -0.39 is 5.54 Å². The van der Waals surface area contributed by atoms with Gasteiger partial charge in [0.25, 0.3) is 0 Å². The molecule has 2 aromatic carbocycles. The Morgan fingerprint density at radius 1 is 0.957 bits per heavy atom. The fraction of sp³-hybridized carbons (Fsp3) is 0.400. The second-order valence-electron chi connectivity index (χ2n) is 6.77. The van der Waals surface area contributed by atoms with E-state index in [1.165, 1.54) is 16.3 Å². The van der Waals surface area contributed by atoms with Crippen molar-refractivity contribution in [1.29, 1.82) is 0 Å². The molecular formula is C20H21NO2. The number of rotatable bonds is 2. The predicted molar refractivity (Wildman–Crippen MR) is 90.2 cm³/mol. The van der Waals surface area contributed by atoms with Crippen molar-refractivity contribution in [2.24, 2.45) is 0 Å². The van der Waals surface area contributed by atoms with Crippen molar-refractivity contribution in [2.75, 3.05) is 6.54 Å². The molecule has 3 nitrogen and oxygen atoms in total. The molecule has 4 rings (SSSR count). The predicted octanol–water partition coefficient (Wildman–Crippen LogP) is 3.50. The molecule has 1 atom stereocenters. The van der Waals surface area contributed by atoms with Crippen molar-refractivity contribution < 1.29 is 9.59 Å². The fourth-order valence-corrected chi connectivity index (χ4v) is 4.34. The summed E-state index contributed by atoms with van der Waals surface area (Å²) in [6, 6.07) is 14.5. The maximum absolute atomic E-state index is 12.9. The van der Waals surface area contributed by atoms with Crippen LogP contribution in [0.15, 0.2) is 42.5 Å². The van der Waals surface area contributed by atoms with Crippen LogP contribution in [-0.4, -0.2) is 28.7 Å². The van der Waals surface area contributed by atoms with Crippen LogP contribution in [0.3, 0.4) is 0 Å². The quantitative estimate of drug-likeness (QED) is 0.851. The maximum atomic E-state index is 12.9. The van der Waals surface area contributed by atoms with Crippen molar-refractivity contribution in [2.45, 2.75) is 44.1 Å². The van der Waals surface area contributed by atoms with Crippen LogP contribution in [0.5, 0.6) is 0 Å². The maximum Gasteiger partial charge on any atom is 0.223 e. The van der Waals surface area contributed by atoms with Gasteiger partial charge in [0, 0.05) is 25.8 Å². The van der Waals surface area contributed by atoms with Gasteiger partial charge in [-0.2, -0.15) is 0 Å². The van der Waals surface area contributed by atoms with Gasteiger partial charge in [0.15, 0.2) is 5.78 Å². The minimum atomic E-state index is -0.599. The molecule has 0 unspecified atom stereocenters. The number of hydrogen-bond acceptors (Lipinski definition) is 2. The molecular weight excluding hydrogens is 286 g/mol. The molecule has 2 aliphatic rings. The summed E-state index contributed by atoms with van der Waals surface area (Å²) >= 11 is 0. The van der Waals surface area contributed by atoms with Crippen LogP contribution in [0.25, 0.3) is 10.8 Å². The van der Waals surface area contributed by atoms with Gasteiger partial charge in [-0.25, -0.2) is 0 Å². The normalized spacial score (nSPS) is 24.8. The molecule has 0 N–H and O–H groups in total. The lowest BCUT2D eigenvalue weighted by molar-refractivity contribution is -0.141. The van der Waals surface area contributed by atoms with Crippen LogP contribution in [0.4, 0.5) is 0 Å². The smallest absolute Gasteiger partial charge is 0.223 e. The van der Waals surface area contributed by atoms with Crippen LogP contribution in [0.1, 0.15) is 37.7 Å². The zero-order valence-corrected chi connectivity index (χ0v) is 13.3. The summed E-state index contributed by atoms with van der Waals surface area (Å²) in [4.78, 5) is 27.3. The molecule has 1 amide bonds. The summed E-state index contributed by atoms with van der Waals surface area (Å²) in [5, 5.41) is 2.39. The van der Waals surface area contributed by atoms with Crippen LogP contribution in [-0.2, 0) is 16.0 Å². The lowest BCUT2D eigenvalue weighted by Gasteiger charge is -2.36. The molecule has 2 fully saturated rings. The van der Waals surface area contributed by atoms with Gasteiger partial charge >= 0.3 is 0 Å². The minimum absolute atomic E-state index is 0.161. The first-order valence-corrected chi connectivity index (χ1v) is 8.51. The van der Waals surface area contributed by atoms with E-state index in [1.54, 1.807) is 0 Å². The van der Waals surface area contributed by atoms with Gasteiger partial charge in [0.05, 0.1) is 0 Å². The standard InChI is InChI=1S/C20H21NO2/c22-18-10-4-11-19(23)21-13-5-12-20(18,21)14-16-8-3-7-15-6-1-2-9-17(15)16/h1-3,6-9H,4-5,10-14H2/t20-/m1/s1. The molecule has 2 saturated heterocycles. The Morgan fingerprint density at radius 3 is 2.70 bits per heavy atom. The van der Waals surface area contributed by atoms with Crippen LogP contribution < -0.4 is 0 Å². The topological polar surface area (TPSA) is 37.4 Å². The number of benzene rings is 2. The lowest BCUT2D eigenvalue weighted by Crippen LogP contribution is -2.53. The lowest BCUT2D eigenvalue weighted by atomic mass is 9.82. The monoisotopic (exact) mass is 307 g/mol. The van der Waals surface area contributed by atoms with E-state index in [9.17, 15) is 9.59 Å². The van der Waals surface area contributed by atoms with E-state index in [2.05, 4.69) is 30.3 Å². The highest BCUT2D eigenvalue weighted by Crippen LogP contribution is 2.38. The Hall–Kier alpha value is -2.16. The van der Waals surface area contributed by atoms with E-state index in [0.717, 1.165) is 19.4 Å². The van der Waals surface area contributed by atoms with E-state index >= 15 is 0 Å². The molecule has 0 spiro atoms. The summed E-state index contributed by atoms with van der Waals surface area (Å²) in [6.45, 7) is 0.731. The number of hydrogen-bond donors (Lipinski definition) is 0. The van der Waals surface area contributed by atoms with Gasteiger partial charge in [0.1, 0.15) is 5.54 Å². The Bertz CT molecular complexity index is 777. The highest BCUT2D eigenvalue weighted by molar-refractivity contribution is 5.96. The molecule has 0 aromatic heterocycles. The van der Waals surface area contributed by atoms with Gasteiger partial charge in [-0.1, -0.05) is 42.5 Å². The van der Waals surface area contributed by atoms with Crippen molar-refractivity contribution in [3.05, 3.63) is 48.0 Å². The zero-order valence-electron chi connectivity index (χ0n) is 13.3. The summed E-state index contributed by atoms with van der Waals surface area (Å²) in [6.07, 6.45) is 4.14. The second kappa shape index (κ2) is 5.48. The van der Waals surface area contributed by atoms with Crippen LogP contribution in [0.2, 0.25) is 0 Å². The molecule has 2 aliphatic heterocycles.